The molecule has 92 valence electrons. The summed E-state index contributed by atoms with van der Waals surface area (Å²) >= 11 is 0. The number of aliphatic carboxylic acids is 1. The van der Waals surface area contributed by atoms with E-state index < -0.39 is 11.6 Å². The first kappa shape index (κ1) is 13.3. The Hall–Kier alpha value is -1.77. The lowest BCUT2D eigenvalue weighted by Gasteiger charge is -2.32. The number of benzene rings is 1. The highest BCUT2D eigenvalue weighted by molar-refractivity contribution is 5.88. The van der Waals surface area contributed by atoms with Crippen molar-refractivity contribution in [3.8, 4) is 5.75 Å². The number of hydrogen-bond acceptors (Lipinski definition) is 2. The minimum Gasteiger partial charge on any atom is -0.482 e. The molecule has 0 heterocycles. The molecule has 3 nitrogen and oxygen atoms in total. The topological polar surface area (TPSA) is 46.5 Å². The molecule has 1 aromatic rings. The van der Waals surface area contributed by atoms with Gasteiger partial charge in [0, 0.05) is 0 Å². The van der Waals surface area contributed by atoms with Gasteiger partial charge in [0.25, 0.3) is 0 Å². The summed E-state index contributed by atoms with van der Waals surface area (Å²) in [5, 5.41) is 9.08. The predicted octanol–water partition coefficient (Wildman–Crippen LogP) is 3.27. The molecule has 0 saturated heterocycles. The molecule has 0 aliphatic rings. The van der Waals surface area contributed by atoms with Crippen LogP contribution in [0.5, 0.6) is 5.75 Å². The van der Waals surface area contributed by atoms with E-state index in [1.807, 2.05) is 44.2 Å². The van der Waals surface area contributed by atoms with Gasteiger partial charge in [-0.25, -0.2) is 4.79 Å². The summed E-state index contributed by atoms with van der Waals surface area (Å²) < 4.78 is 5.84. The van der Waals surface area contributed by atoms with Crippen molar-refractivity contribution < 1.29 is 14.6 Å². The normalized spacial score (nSPS) is 10.9. The number of rotatable bonds is 6. The Labute approximate surface area is 102 Å². The van der Waals surface area contributed by atoms with Crippen LogP contribution in [0.2, 0.25) is 0 Å². The van der Waals surface area contributed by atoms with Crippen molar-refractivity contribution in [1.82, 2.24) is 0 Å². The van der Waals surface area contributed by atoms with E-state index in [4.69, 9.17) is 9.84 Å². The SMILES string of the molecule is C=C(C(=O)O)C(CC)(CC)Oc1ccccc1. The zero-order chi connectivity index (χ0) is 12.9. The molecule has 3 heteroatoms. The average molecular weight is 234 g/mol. The third-order valence-electron chi connectivity index (χ3n) is 3.01. The Balaban J connectivity index is 3.01. The van der Waals surface area contributed by atoms with Gasteiger partial charge in [0.2, 0.25) is 0 Å². The number of ether oxygens (including phenoxy) is 1. The molecule has 1 rings (SSSR count). The van der Waals surface area contributed by atoms with E-state index in [9.17, 15) is 4.79 Å². The van der Waals surface area contributed by atoms with Gasteiger partial charge in [0.1, 0.15) is 11.4 Å². The van der Waals surface area contributed by atoms with Gasteiger partial charge in [-0.05, 0) is 25.0 Å². The molecule has 0 unspecified atom stereocenters. The van der Waals surface area contributed by atoms with Crippen molar-refractivity contribution in [2.75, 3.05) is 0 Å². The Kier molecular flexibility index (Phi) is 4.32. The van der Waals surface area contributed by atoms with Crippen molar-refractivity contribution >= 4 is 5.97 Å². The summed E-state index contributed by atoms with van der Waals surface area (Å²) in [5.74, 6) is -0.344. The maximum Gasteiger partial charge on any atom is 0.335 e. The van der Waals surface area contributed by atoms with Crippen LogP contribution in [0.4, 0.5) is 0 Å². The van der Waals surface area contributed by atoms with Gasteiger partial charge in [-0.15, -0.1) is 0 Å². The summed E-state index contributed by atoms with van der Waals surface area (Å²) in [6, 6.07) is 9.23. The maximum absolute atomic E-state index is 11.1. The van der Waals surface area contributed by atoms with E-state index in [1.54, 1.807) is 0 Å². The van der Waals surface area contributed by atoms with E-state index >= 15 is 0 Å². The van der Waals surface area contributed by atoms with Gasteiger partial charge in [-0.2, -0.15) is 0 Å². The zero-order valence-electron chi connectivity index (χ0n) is 10.3. The fourth-order valence-electron chi connectivity index (χ4n) is 1.79. The molecule has 0 aliphatic carbocycles. The third kappa shape index (κ3) is 2.87. The van der Waals surface area contributed by atoms with Crippen LogP contribution in [-0.2, 0) is 4.79 Å². The zero-order valence-corrected chi connectivity index (χ0v) is 10.3. The van der Waals surface area contributed by atoms with Gasteiger partial charge < -0.3 is 9.84 Å². The Morgan fingerprint density at radius 3 is 2.24 bits per heavy atom. The smallest absolute Gasteiger partial charge is 0.335 e. The standard InChI is InChI=1S/C14H18O3/c1-4-14(5-2,11(3)13(15)16)17-12-9-7-6-8-10-12/h6-10H,3-5H2,1-2H3,(H,15,16). The first-order valence-corrected chi connectivity index (χ1v) is 5.72. The van der Waals surface area contributed by atoms with Gasteiger partial charge in [0.15, 0.2) is 0 Å². The predicted molar refractivity (Wildman–Crippen MR) is 67.2 cm³/mol. The Morgan fingerprint density at radius 1 is 1.29 bits per heavy atom. The van der Waals surface area contributed by atoms with Crippen LogP contribution >= 0.6 is 0 Å². The fraction of sp³-hybridized carbons (Fsp3) is 0.357. The van der Waals surface area contributed by atoms with Crippen LogP contribution in [0.25, 0.3) is 0 Å². The molecule has 0 saturated carbocycles. The molecule has 0 aliphatic heterocycles. The molecule has 0 amide bonds. The highest BCUT2D eigenvalue weighted by Crippen LogP contribution is 2.30. The second-order valence-corrected chi connectivity index (χ2v) is 3.90. The summed E-state index contributed by atoms with van der Waals surface area (Å²) in [7, 11) is 0. The van der Waals surface area contributed by atoms with Crippen molar-refractivity contribution in [1.29, 1.82) is 0 Å². The fourth-order valence-corrected chi connectivity index (χ4v) is 1.79. The lowest BCUT2D eigenvalue weighted by Crippen LogP contribution is -2.39. The van der Waals surface area contributed by atoms with E-state index in [1.165, 1.54) is 0 Å². The second-order valence-electron chi connectivity index (χ2n) is 3.90. The maximum atomic E-state index is 11.1. The van der Waals surface area contributed by atoms with E-state index in [0.717, 1.165) is 0 Å². The summed E-state index contributed by atoms with van der Waals surface area (Å²) in [6.07, 6.45) is 1.15. The molecule has 1 N–H and O–H groups in total. The van der Waals surface area contributed by atoms with Gasteiger partial charge in [-0.3, -0.25) is 0 Å². The van der Waals surface area contributed by atoms with Crippen molar-refractivity contribution in [2.24, 2.45) is 0 Å². The number of carbonyl (C=O) groups is 1. The lowest BCUT2D eigenvalue weighted by molar-refractivity contribution is -0.134. The number of carboxylic acids is 1. The van der Waals surface area contributed by atoms with Crippen LogP contribution in [0.3, 0.4) is 0 Å². The third-order valence-corrected chi connectivity index (χ3v) is 3.01. The van der Waals surface area contributed by atoms with Crippen LogP contribution in [0, 0.1) is 0 Å². The molecule has 0 spiro atoms. The van der Waals surface area contributed by atoms with Crippen molar-refractivity contribution in [3.05, 3.63) is 42.5 Å². The number of para-hydroxylation sites is 1. The van der Waals surface area contributed by atoms with Crippen molar-refractivity contribution in [2.45, 2.75) is 32.3 Å². The van der Waals surface area contributed by atoms with Gasteiger partial charge >= 0.3 is 5.97 Å². The molecule has 17 heavy (non-hydrogen) atoms. The lowest BCUT2D eigenvalue weighted by atomic mass is 9.88. The van der Waals surface area contributed by atoms with E-state index in [2.05, 4.69) is 6.58 Å². The first-order chi connectivity index (χ1) is 8.05. The van der Waals surface area contributed by atoms with Gasteiger partial charge in [0.05, 0.1) is 5.57 Å². The Morgan fingerprint density at radius 2 is 1.82 bits per heavy atom. The largest absolute Gasteiger partial charge is 0.482 e. The molecule has 0 atom stereocenters. The average Bonchev–Trinajstić information content (AvgIpc) is 2.36. The summed E-state index contributed by atoms with van der Waals surface area (Å²) in [4.78, 5) is 11.1. The minimum absolute atomic E-state index is 0.103. The van der Waals surface area contributed by atoms with Crippen LogP contribution in [0.1, 0.15) is 26.7 Å². The summed E-state index contributed by atoms with van der Waals surface area (Å²) in [5.41, 5.74) is -0.723. The summed E-state index contributed by atoms with van der Waals surface area (Å²) in [6.45, 7) is 7.45. The molecule has 1 aromatic carbocycles. The molecule has 0 radical (unpaired) electrons. The highest BCUT2D eigenvalue weighted by Gasteiger charge is 2.35. The molecule has 0 bridgehead atoms. The second kappa shape index (κ2) is 5.53. The highest BCUT2D eigenvalue weighted by atomic mass is 16.5. The minimum atomic E-state index is -1.01. The van der Waals surface area contributed by atoms with Crippen LogP contribution in [-0.4, -0.2) is 16.7 Å². The first-order valence-electron chi connectivity index (χ1n) is 5.72. The number of carboxylic acid groups (broad SMARTS) is 1. The molecule has 0 fully saturated rings. The van der Waals surface area contributed by atoms with Crippen LogP contribution in [0.15, 0.2) is 42.5 Å². The Bertz CT molecular complexity index is 391. The van der Waals surface area contributed by atoms with Crippen molar-refractivity contribution in [3.63, 3.8) is 0 Å². The van der Waals surface area contributed by atoms with Crippen LogP contribution < -0.4 is 4.74 Å². The molecular weight excluding hydrogens is 216 g/mol. The monoisotopic (exact) mass is 234 g/mol. The molecule has 0 aromatic heterocycles. The van der Waals surface area contributed by atoms with E-state index in [0.29, 0.717) is 18.6 Å². The number of hydrogen-bond donors (Lipinski definition) is 1. The van der Waals surface area contributed by atoms with E-state index in [-0.39, 0.29) is 5.57 Å². The quantitative estimate of drug-likeness (QED) is 0.768. The van der Waals surface area contributed by atoms with Gasteiger partial charge in [-0.1, -0.05) is 38.6 Å². The molecular formula is C14H18O3.